The molecule has 1 aromatic carbocycles. The molecule has 0 radical (unpaired) electrons. The Hall–Kier alpha value is -1.55. The Balaban J connectivity index is 2.91. The first-order valence-corrected chi connectivity index (χ1v) is 7.78. The SMILES string of the molecule is CCC(C)NC(=O)C(C)N(c1ccc(CN)cc1)C(C)C. The van der Waals surface area contributed by atoms with Crippen molar-refractivity contribution in [1.82, 2.24) is 5.32 Å². The standard InChI is InChI=1S/C17H29N3O/c1-6-13(4)19-17(21)14(5)20(12(2)3)16-9-7-15(11-18)8-10-16/h7-10,12-14H,6,11,18H2,1-5H3,(H,19,21). The van der Waals surface area contributed by atoms with Crippen LogP contribution in [0.2, 0.25) is 0 Å². The van der Waals surface area contributed by atoms with Crippen LogP contribution in [0.3, 0.4) is 0 Å². The maximum atomic E-state index is 12.4. The molecule has 1 amide bonds. The molecule has 21 heavy (non-hydrogen) atoms. The lowest BCUT2D eigenvalue weighted by Gasteiger charge is -2.34. The monoisotopic (exact) mass is 291 g/mol. The molecule has 0 aromatic heterocycles. The van der Waals surface area contributed by atoms with Crippen LogP contribution in [0.1, 0.15) is 46.6 Å². The molecule has 0 aliphatic heterocycles. The van der Waals surface area contributed by atoms with E-state index >= 15 is 0 Å². The Bertz CT molecular complexity index is 442. The van der Waals surface area contributed by atoms with Crippen molar-refractivity contribution in [3.8, 4) is 0 Å². The Kier molecular flexibility index (Phi) is 6.69. The summed E-state index contributed by atoms with van der Waals surface area (Å²) in [4.78, 5) is 14.5. The summed E-state index contributed by atoms with van der Waals surface area (Å²) in [7, 11) is 0. The van der Waals surface area contributed by atoms with Gasteiger partial charge in [0.1, 0.15) is 6.04 Å². The zero-order valence-corrected chi connectivity index (χ0v) is 13.9. The van der Waals surface area contributed by atoms with Crippen LogP contribution in [-0.4, -0.2) is 24.0 Å². The molecule has 2 atom stereocenters. The minimum atomic E-state index is -0.206. The second kappa shape index (κ2) is 8.03. The van der Waals surface area contributed by atoms with Gasteiger partial charge >= 0.3 is 0 Å². The average Bonchev–Trinajstić information content (AvgIpc) is 2.47. The number of hydrogen-bond acceptors (Lipinski definition) is 3. The summed E-state index contributed by atoms with van der Waals surface area (Å²) in [5, 5.41) is 3.06. The van der Waals surface area contributed by atoms with Gasteiger partial charge in [-0.25, -0.2) is 0 Å². The third-order valence-corrected chi connectivity index (χ3v) is 3.82. The molecule has 0 heterocycles. The van der Waals surface area contributed by atoms with Gasteiger partial charge in [-0.05, 0) is 51.8 Å². The fraction of sp³-hybridized carbons (Fsp3) is 0.588. The fourth-order valence-corrected chi connectivity index (χ4v) is 2.36. The summed E-state index contributed by atoms with van der Waals surface area (Å²) in [6.07, 6.45) is 0.936. The number of nitrogens with zero attached hydrogens (tertiary/aromatic N) is 1. The first kappa shape index (κ1) is 17.5. The normalized spacial score (nSPS) is 13.9. The highest BCUT2D eigenvalue weighted by Crippen LogP contribution is 2.21. The molecule has 3 N–H and O–H groups in total. The van der Waals surface area contributed by atoms with Gasteiger partial charge in [0.2, 0.25) is 5.91 Å². The molecule has 1 aromatic rings. The number of amides is 1. The van der Waals surface area contributed by atoms with Gasteiger partial charge in [-0.15, -0.1) is 0 Å². The van der Waals surface area contributed by atoms with Crippen LogP contribution in [0.15, 0.2) is 24.3 Å². The van der Waals surface area contributed by atoms with Gasteiger partial charge in [-0.3, -0.25) is 4.79 Å². The van der Waals surface area contributed by atoms with E-state index in [2.05, 4.69) is 31.0 Å². The third-order valence-electron chi connectivity index (χ3n) is 3.82. The average molecular weight is 291 g/mol. The Morgan fingerprint density at radius 1 is 1.19 bits per heavy atom. The second-order valence-corrected chi connectivity index (χ2v) is 5.87. The largest absolute Gasteiger partial charge is 0.357 e. The molecular formula is C17H29N3O. The van der Waals surface area contributed by atoms with Gasteiger partial charge in [-0.1, -0.05) is 19.1 Å². The highest BCUT2D eigenvalue weighted by atomic mass is 16.2. The van der Waals surface area contributed by atoms with Crippen molar-refractivity contribution in [3.05, 3.63) is 29.8 Å². The van der Waals surface area contributed by atoms with E-state index in [1.807, 2.05) is 38.1 Å². The number of nitrogens with two attached hydrogens (primary N) is 1. The highest BCUT2D eigenvalue weighted by Gasteiger charge is 2.24. The van der Waals surface area contributed by atoms with Gasteiger partial charge in [0.25, 0.3) is 0 Å². The van der Waals surface area contributed by atoms with Crippen LogP contribution in [0.25, 0.3) is 0 Å². The van der Waals surface area contributed by atoms with E-state index in [9.17, 15) is 4.79 Å². The molecule has 0 aliphatic carbocycles. The highest BCUT2D eigenvalue weighted by molar-refractivity contribution is 5.85. The second-order valence-electron chi connectivity index (χ2n) is 5.87. The van der Waals surface area contributed by atoms with Crippen molar-refractivity contribution in [1.29, 1.82) is 0 Å². The molecular weight excluding hydrogens is 262 g/mol. The number of carbonyl (C=O) groups excluding carboxylic acids is 1. The van der Waals surface area contributed by atoms with Gasteiger partial charge in [0, 0.05) is 24.3 Å². The van der Waals surface area contributed by atoms with E-state index in [1.54, 1.807) is 0 Å². The van der Waals surface area contributed by atoms with Crippen molar-refractivity contribution >= 4 is 11.6 Å². The van der Waals surface area contributed by atoms with Crippen molar-refractivity contribution < 1.29 is 4.79 Å². The summed E-state index contributed by atoms with van der Waals surface area (Å²) in [5.74, 6) is 0.0703. The van der Waals surface area contributed by atoms with E-state index < -0.39 is 0 Å². The predicted octanol–water partition coefficient (Wildman–Crippen LogP) is 2.66. The lowest BCUT2D eigenvalue weighted by Crippen LogP contribution is -2.50. The molecule has 118 valence electrons. The summed E-state index contributed by atoms with van der Waals surface area (Å²) in [6, 6.07) is 8.35. The van der Waals surface area contributed by atoms with E-state index in [1.165, 1.54) is 0 Å². The van der Waals surface area contributed by atoms with Crippen LogP contribution >= 0.6 is 0 Å². The van der Waals surface area contributed by atoms with Crippen LogP contribution < -0.4 is 16.0 Å². The van der Waals surface area contributed by atoms with E-state index in [0.717, 1.165) is 17.7 Å². The summed E-state index contributed by atoms with van der Waals surface area (Å²) >= 11 is 0. The van der Waals surface area contributed by atoms with E-state index in [0.29, 0.717) is 6.54 Å². The van der Waals surface area contributed by atoms with Crippen molar-refractivity contribution in [2.45, 2.75) is 65.7 Å². The van der Waals surface area contributed by atoms with Gasteiger partial charge in [0.15, 0.2) is 0 Å². The van der Waals surface area contributed by atoms with Crippen LogP contribution in [0, 0.1) is 0 Å². The van der Waals surface area contributed by atoms with Crippen LogP contribution in [-0.2, 0) is 11.3 Å². The van der Waals surface area contributed by atoms with Crippen molar-refractivity contribution in [3.63, 3.8) is 0 Å². The zero-order chi connectivity index (χ0) is 16.0. The maximum Gasteiger partial charge on any atom is 0.242 e. The van der Waals surface area contributed by atoms with Crippen molar-refractivity contribution in [2.75, 3.05) is 4.90 Å². The molecule has 4 heteroatoms. The first-order chi connectivity index (χ1) is 9.90. The maximum absolute atomic E-state index is 12.4. The fourth-order valence-electron chi connectivity index (χ4n) is 2.36. The van der Waals surface area contributed by atoms with Crippen LogP contribution in [0.5, 0.6) is 0 Å². The van der Waals surface area contributed by atoms with E-state index in [4.69, 9.17) is 5.73 Å². The Morgan fingerprint density at radius 3 is 2.19 bits per heavy atom. The number of benzene rings is 1. The number of hydrogen-bond donors (Lipinski definition) is 2. The lowest BCUT2D eigenvalue weighted by atomic mass is 10.1. The first-order valence-electron chi connectivity index (χ1n) is 7.78. The smallest absolute Gasteiger partial charge is 0.242 e. The third kappa shape index (κ3) is 4.74. The van der Waals surface area contributed by atoms with E-state index in [-0.39, 0.29) is 24.0 Å². The van der Waals surface area contributed by atoms with Gasteiger partial charge in [0.05, 0.1) is 0 Å². The van der Waals surface area contributed by atoms with Crippen LogP contribution in [0.4, 0.5) is 5.69 Å². The summed E-state index contributed by atoms with van der Waals surface area (Å²) in [6.45, 7) is 10.8. The summed E-state index contributed by atoms with van der Waals surface area (Å²) in [5.41, 5.74) is 7.78. The minimum absolute atomic E-state index is 0.0703. The molecule has 2 unspecified atom stereocenters. The number of anilines is 1. The topological polar surface area (TPSA) is 58.4 Å². The lowest BCUT2D eigenvalue weighted by molar-refractivity contribution is -0.122. The summed E-state index contributed by atoms with van der Waals surface area (Å²) < 4.78 is 0. The molecule has 0 aliphatic rings. The Labute approximate surface area is 128 Å². The molecule has 0 spiro atoms. The van der Waals surface area contributed by atoms with Gasteiger partial charge < -0.3 is 16.0 Å². The minimum Gasteiger partial charge on any atom is -0.357 e. The predicted molar refractivity (Wildman–Crippen MR) is 89.3 cm³/mol. The number of carbonyl (C=O) groups is 1. The Morgan fingerprint density at radius 2 is 1.76 bits per heavy atom. The quantitative estimate of drug-likeness (QED) is 0.812. The number of nitrogens with one attached hydrogen (secondary N) is 1. The van der Waals surface area contributed by atoms with Crippen molar-refractivity contribution in [2.24, 2.45) is 5.73 Å². The number of rotatable bonds is 7. The molecule has 0 saturated carbocycles. The molecule has 1 rings (SSSR count). The molecule has 0 bridgehead atoms. The molecule has 0 fully saturated rings. The molecule has 4 nitrogen and oxygen atoms in total. The zero-order valence-electron chi connectivity index (χ0n) is 13.9. The van der Waals surface area contributed by atoms with Gasteiger partial charge in [-0.2, -0.15) is 0 Å². The molecule has 0 saturated heterocycles.